The quantitative estimate of drug-likeness (QED) is 0.766. The van der Waals surface area contributed by atoms with Crippen LogP contribution in [0.2, 0.25) is 0 Å². The summed E-state index contributed by atoms with van der Waals surface area (Å²) < 4.78 is 27.0. The van der Waals surface area contributed by atoms with E-state index < -0.39 is 10.0 Å². The third kappa shape index (κ3) is 5.58. The van der Waals surface area contributed by atoms with Crippen LogP contribution in [0, 0.1) is 11.8 Å². The van der Waals surface area contributed by atoms with Gasteiger partial charge < -0.3 is 5.32 Å². The van der Waals surface area contributed by atoms with Gasteiger partial charge in [0.2, 0.25) is 15.9 Å². The molecule has 0 aromatic heterocycles. The van der Waals surface area contributed by atoms with Crippen molar-refractivity contribution in [2.24, 2.45) is 11.8 Å². The van der Waals surface area contributed by atoms with E-state index in [9.17, 15) is 13.2 Å². The van der Waals surface area contributed by atoms with Gasteiger partial charge in [0, 0.05) is 32.2 Å². The molecule has 7 heteroatoms. The Kier molecular flexibility index (Phi) is 7.35. The molecule has 1 heterocycles. The minimum absolute atomic E-state index is 0.0294. The summed E-state index contributed by atoms with van der Waals surface area (Å²) in [7, 11) is -3.34. The van der Waals surface area contributed by atoms with Crippen molar-refractivity contribution in [1.82, 2.24) is 14.5 Å². The van der Waals surface area contributed by atoms with E-state index in [-0.39, 0.29) is 23.7 Å². The highest BCUT2D eigenvalue weighted by atomic mass is 32.2. The Balaban J connectivity index is 1.51. The molecule has 1 saturated carbocycles. The molecule has 0 spiro atoms. The topological polar surface area (TPSA) is 69.7 Å². The molecule has 1 saturated heterocycles. The zero-order valence-corrected chi connectivity index (χ0v) is 18.7. The summed E-state index contributed by atoms with van der Waals surface area (Å²) >= 11 is 0. The average molecular weight is 422 g/mol. The number of hydrogen-bond acceptors (Lipinski definition) is 4. The van der Waals surface area contributed by atoms with Gasteiger partial charge in [0.25, 0.3) is 0 Å². The van der Waals surface area contributed by atoms with Gasteiger partial charge in [0.15, 0.2) is 0 Å². The van der Waals surface area contributed by atoms with Gasteiger partial charge in [-0.05, 0) is 30.7 Å². The largest absolute Gasteiger partial charge is 0.352 e. The second-order valence-electron chi connectivity index (χ2n) is 8.74. The minimum Gasteiger partial charge on any atom is -0.352 e. The number of carbonyl (C=O) groups is 1. The SMILES string of the molecule is C[C@@H]1[C@@H](C)CCC[C@H]1NC(=O)[C@@H](C)N1CCN(S(=O)(=O)Cc2ccccc2)CC1. The van der Waals surface area contributed by atoms with Crippen LogP contribution in [0.4, 0.5) is 0 Å². The molecule has 4 atom stereocenters. The maximum Gasteiger partial charge on any atom is 0.237 e. The summed E-state index contributed by atoms with van der Waals surface area (Å²) in [5.74, 6) is 1.24. The first-order valence-electron chi connectivity index (χ1n) is 10.8. The van der Waals surface area contributed by atoms with E-state index in [4.69, 9.17) is 0 Å². The summed E-state index contributed by atoms with van der Waals surface area (Å²) in [6, 6.07) is 9.30. The number of amides is 1. The first-order valence-corrected chi connectivity index (χ1v) is 12.4. The summed E-state index contributed by atoms with van der Waals surface area (Å²) in [6.45, 7) is 8.46. The van der Waals surface area contributed by atoms with E-state index in [1.165, 1.54) is 12.8 Å². The Morgan fingerprint density at radius 2 is 1.76 bits per heavy atom. The maximum atomic E-state index is 12.8. The van der Waals surface area contributed by atoms with Crippen LogP contribution in [0.25, 0.3) is 0 Å². The van der Waals surface area contributed by atoms with E-state index in [1.807, 2.05) is 37.3 Å². The molecular formula is C22H35N3O3S. The van der Waals surface area contributed by atoms with Crippen LogP contribution in [-0.2, 0) is 20.6 Å². The second kappa shape index (κ2) is 9.58. The van der Waals surface area contributed by atoms with E-state index in [2.05, 4.69) is 24.1 Å². The van der Waals surface area contributed by atoms with Crippen LogP contribution in [0.5, 0.6) is 0 Å². The van der Waals surface area contributed by atoms with Crippen molar-refractivity contribution >= 4 is 15.9 Å². The van der Waals surface area contributed by atoms with Crippen LogP contribution >= 0.6 is 0 Å². The molecule has 1 aromatic carbocycles. The van der Waals surface area contributed by atoms with E-state index in [1.54, 1.807) is 4.31 Å². The normalized spacial score (nSPS) is 28.0. The molecule has 1 N–H and O–H groups in total. The number of piperazine rings is 1. The maximum absolute atomic E-state index is 12.8. The zero-order chi connectivity index (χ0) is 21.0. The number of rotatable bonds is 6. The summed E-state index contributed by atoms with van der Waals surface area (Å²) in [5.41, 5.74) is 0.804. The van der Waals surface area contributed by atoms with E-state index in [0.29, 0.717) is 38.0 Å². The lowest BCUT2D eigenvalue weighted by molar-refractivity contribution is -0.127. The number of nitrogens with one attached hydrogen (secondary N) is 1. The lowest BCUT2D eigenvalue weighted by Gasteiger charge is -2.39. The minimum atomic E-state index is -3.34. The Bertz CT molecular complexity index is 776. The Morgan fingerprint density at radius 1 is 1.10 bits per heavy atom. The molecule has 6 nitrogen and oxygen atoms in total. The molecule has 3 rings (SSSR count). The van der Waals surface area contributed by atoms with E-state index in [0.717, 1.165) is 12.0 Å². The van der Waals surface area contributed by atoms with Crippen molar-refractivity contribution in [2.45, 2.75) is 57.9 Å². The lowest BCUT2D eigenvalue weighted by atomic mass is 9.78. The highest BCUT2D eigenvalue weighted by molar-refractivity contribution is 7.88. The van der Waals surface area contributed by atoms with Crippen molar-refractivity contribution < 1.29 is 13.2 Å². The van der Waals surface area contributed by atoms with Crippen molar-refractivity contribution in [3.05, 3.63) is 35.9 Å². The van der Waals surface area contributed by atoms with Gasteiger partial charge >= 0.3 is 0 Å². The number of sulfonamides is 1. The summed E-state index contributed by atoms with van der Waals surface area (Å²) in [4.78, 5) is 14.9. The molecule has 0 radical (unpaired) electrons. The number of benzene rings is 1. The van der Waals surface area contributed by atoms with Crippen molar-refractivity contribution in [3.8, 4) is 0 Å². The van der Waals surface area contributed by atoms with Gasteiger partial charge in [0.1, 0.15) is 0 Å². The molecule has 0 bridgehead atoms. The number of hydrogen-bond donors (Lipinski definition) is 1. The van der Waals surface area contributed by atoms with Gasteiger partial charge in [0.05, 0.1) is 11.8 Å². The second-order valence-corrected chi connectivity index (χ2v) is 10.7. The summed E-state index contributed by atoms with van der Waals surface area (Å²) in [6.07, 6.45) is 3.46. The number of nitrogens with zero attached hydrogens (tertiary/aromatic N) is 2. The lowest BCUT2D eigenvalue weighted by Crippen LogP contribution is -2.56. The van der Waals surface area contributed by atoms with Gasteiger partial charge in [-0.2, -0.15) is 4.31 Å². The third-order valence-corrected chi connectivity index (χ3v) is 8.67. The Labute approximate surface area is 175 Å². The smallest absolute Gasteiger partial charge is 0.237 e. The van der Waals surface area contributed by atoms with Crippen molar-refractivity contribution in [1.29, 1.82) is 0 Å². The Hall–Kier alpha value is -1.44. The van der Waals surface area contributed by atoms with Crippen molar-refractivity contribution in [2.75, 3.05) is 26.2 Å². The van der Waals surface area contributed by atoms with E-state index >= 15 is 0 Å². The first kappa shape index (κ1) is 22.2. The highest BCUT2D eigenvalue weighted by Gasteiger charge is 2.33. The predicted molar refractivity (Wildman–Crippen MR) is 116 cm³/mol. The molecule has 1 aromatic rings. The molecule has 1 aliphatic carbocycles. The zero-order valence-electron chi connectivity index (χ0n) is 17.9. The molecule has 0 unspecified atom stereocenters. The van der Waals surface area contributed by atoms with Crippen LogP contribution in [0.3, 0.4) is 0 Å². The summed E-state index contributed by atoms with van der Waals surface area (Å²) in [5, 5.41) is 3.26. The molecule has 162 valence electrons. The average Bonchev–Trinajstić information content (AvgIpc) is 2.71. The van der Waals surface area contributed by atoms with Crippen LogP contribution < -0.4 is 5.32 Å². The predicted octanol–water partition coefficient (Wildman–Crippen LogP) is 2.46. The fraction of sp³-hybridized carbons (Fsp3) is 0.682. The monoisotopic (exact) mass is 421 g/mol. The number of carbonyl (C=O) groups excluding carboxylic acids is 1. The molecule has 1 aliphatic heterocycles. The van der Waals surface area contributed by atoms with Crippen LogP contribution in [0.15, 0.2) is 30.3 Å². The molecular weight excluding hydrogens is 386 g/mol. The fourth-order valence-electron chi connectivity index (χ4n) is 4.50. The van der Waals surface area contributed by atoms with Gasteiger partial charge in [-0.3, -0.25) is 9.69 Å². The highest BCUT2D eigenvalue weighted by Crippen LogP contribution is 2.29. The van der Waals surface area contributed by atoms with Crippen LogP contribution in [-0.4, -0.2) is 61.8 Å². The Morgan fingerprint density at radius 3 is 2.41 bits per heavy atom. The van der Waals surface area contributed by atoms with Crippen LogP contribution in [0.1, 0.15) is 45.6 Å². The molecule has 2 aliphatic rings. The molecule has 29 heavy (non-hydrogen) atoms. The standard InChI is InChI=1S/C22H35N3O3S/c1-17-8-7-11-21(18(17)2)23-22(26)19(3)24-12-14-25(15-13-24)29(27,28)16-20-9-5-4-6-10-20/h4-6,9-10,17-19,21H,7-8,11-16H2,1-3H3,(H,23,26)/t17-,18+,19+,21+/m0/s1. The molecule has 2 fully saturated rings. The molecule has 1 amide bonds. The first-order chi connectivity index (χ1) is 13.8. The fourth-order valence-corrected chi connectivity index (χ4v) is 6.02. The third-order valence-electron chi connectivity index (χ3n) is 6.82. The van der Waals surface area contributed by atoms with Gasteiger partial charge in [-0.15, -0.1) is 0 Å². The van der Waals surface area contributed by atoms with Gasteiger partial charge in [-0.1, -0.05) is 57.0 Å². The van der Waals surface area contributed by atoms with Gasteiger partial charge in [-0.25, -0.2) is 8.42 Å². The van der Waals surface area contributed by atoms with Crippen molar-refractivity contribution in [3.63, 3.8) is 0 Å².